The largest absolute Gasteiger partial charge is 0.488 e. The standard InChI is InChI=1S/C15H22ClNO/c1-10-4-5-15-13(6-10)8-14(18-15)9-17-12(3)7-11(2)16/h4-6,11-12,14,17H,7-9H2,1-3H3. The van der Waals surface area contributed by atoms with Crippen molar-refractivity contribution in [1.82, 2.24) is 5.32 Å². The first-order valence-electron chi connectivity index (χ1n) is 6.68. The van der Waals surface area contributed by atoms with Gasteiger partial charge in [-0.25, -0.2) is 0 Å². The van der Waals surface area contributed by atoms with Gasteiger partial charge in [0, 0.05) is 24.4 Å². The topological polar surface area (TPSA) is 21.3 Å². The molecule has 100 valence electrons. The molecule has 0 amide bonds. The molecule has 3 unspecified atom stereocenters. The average Bonchev–Trinajstić information content (AvgIpc) is 2.67. The molecule has 1 aliphatic heterocycles. The maximum Gasteiger partial charge on any atom is 0.123 e. The summed E-state index contributed by atoms with van der Waals surface area (Å²) >= 11 is 5.99. The van der Waals surface area contributed by atoms with Gasteiger partial charge in [0.05, 0.1) is 0 Å². The van der Waals surface area contributed by atoms with Gasteiger partial charge in [-0.05, 0) is 38.8 Å². The molecule has 1 aliphatic rings. The second-order valence-corrected chi connectivity index (χ2v) is 6.13. The summed E-state index contributed by atoms with van der Waals surface area (Å²) in [4.78, 5) is 0. The summed E-state index contributed by atoms with van der Waals surface area (Å²) in [5.41, 5.74) is 2.63. The van der Waals surface area contributed by atoms with Crippen molar-refractivity contribution in [3.63, 3.8) is 0 Å². The number of hydrogen-bond acceptors (Lipinski definition) is 2. The van der Waals surface area contributed by atoms with E-state index >= 15 is 0 Å². The molecule has 0 aromatic heterocycles. The van der Waals surface area contributed by atoms with Gasteiger partial charge in [-0.2, -0.15) is 0 Å². The first-order chi connectivity index (χ1) is 8.54. The molecule has 3 heteroatoms. The number of rotatable bonds is 5. The summed E-state index contributed by atoms with van der Waals surface area (Å²) in [6.45, 7) is 7.21. The highest BCUT2D eigenvalue weighted by Gasteiger charge is 2.22. The number of aryl methyl sites for hydroxylation is 1. The van der Waals surface area contributed by atoms with Gasteiger partial charge < -0.3 is 10.1 Å². The fourth-order valence-corrected chi connectivity index (χ4v) is 2.73. The van der Waals surface area contributed by atoms with Gasteiger partial charge in [0.25, 0.3) is 0 Å². The molecule has 0 saturated carbocycles. The van der Waals surface area contributed by atoms with E-state index in [4.69, 9.17) is 16.3 Å². The molecule has 0 aliphatic carbocycles. The van der Waals surface area contributed by atoms with Crippen LogP contribution in [0.5, 0.6) is 5.75 Å². The van der Waals surface area contributed by atoms with Crippen molar-refractivity contribution >= 4 is 11.6 Å². The van der Waals surface area contributed by atoms with Crippen LogP contribution in [0.1, 0.15) is 31.4 Å². The third-order valence-corrected chi connectivity index (χ3v) is 3.51. The third kappa shape index (κ3) is 3.63. The molecule has 0 radical (unpaired) electrons. The van der Waals surface area contributed by atoms with Gasteiger partial charge in [-0.15, -0.1) is 11.6 Å². The Hall–Kier alpha value is -0.730. The fraction of sp³-hybridized carbons (Fsp3) is 0.600. The van der Waals surface area contributed by atoms with Crippen LogP contribution in [0.3, 0.4) is 0 Å². The molecule has 0 saturated heterocycles. The predicted molar refractivity (Wildman–Crippen MR) is 76.7 cm³/mol. The molecule has 2 rings (SSSR count). The highest BCUT2D eigenvalue weighted by atomic mass is 35.5. The van der Waals surface area contributed by atoms with Crippen LogP contribution in [0.4, 0.5) is 0 Å². The molecule has 0 spiro atoms. The van der Waals surface area contributed by atoms with Crippen LogP contribution in [0.2, 0.25) is 0 Å². The molecule has 3 atom stereocenters. The van der Waals surface area contributed by atoms with E-state index in [2.05, 4.69) is 37.4 Å². The summed E-state index contributed by atoms with van der Waals surface area (Å²) in [7, 11) is 0. The fourth-order valence-electron chi connectivity index (χ4n) is 2.47. The van der Waals surface area contributed by atoms with Crippen molar-refractivity contribution in [3.8, 4) is 5.75 Å². The molecule has 0 fully saturated rings. The van der Waals surface area contributed by atoms with E-state index in [1.165, 1.54) is 11.1 Å². The molecule has 1 N–H and O–H groups in total. The second kappa shape index (κ2) is 5.94. The first kappa shape index (κ1) is 13.7. The van der Waals surface area contributed by atoms with Crippen LogP contribution in [-0.2, 0) is 6.42 Å². The second-order valence-electron chi connectivity index (χ2n) is 5.38. The maximum atomic E-state index is 5.99. The molecule has 1 heterocycles. The smallest absolute Gasteiger partial charge is 0.123 e. The lowest BCUT2D eigenvalue weighted by Gasteiger charge is -2.18. The molecule has 0 bridgehead atoms. The highest BCUT2D eigenvalue weighted by molar-refractivity contribution is 6.20. The minimum absolute atomic E-state index is 0.219. The van der Waals surface area contributed by atoms with Crippen molar-refractivity contribution in [2.75, 3.05) is 6.54 Å². The van der Waals surface area contributed by atoms with Crippen LogP contribution in [0.25, 0.3) is 0 Å². The SMILES string of the molecule is Cc1ccc2c(c1)CC(CNC(C)CC(C)Cl)O2. The van der Waals surface area contributed by atoms with Crippen LogP contribution in [0.15, 0.2) is 18.2 Å². The van der Waals surface area contributed by atoms with E-state index in [9.17, 15) is 0 Å². The van der Waals surface area contributed by atoms with Gasteiger partial charge in [0.15, 0.2) is 0 Å². The first-order valence-corrected chi connectivity index (χ1v) is 7.12. The minimum Gasteiger partial charge on any atom is -0.488 e. The van der Waals surface area contributed by atoms with Crippen LogP contribution in [0, 0.1) is 6.92 Å². The van der Waals surface area contributed by atoms with E-state index in [0.717, 1.165) is 25.1 Å². The van der Waals surface area contributed by atoms with E-state index < -0.39 is 0 Å². The lowest BCUT2D eigenvalue weighted by Crippen LogP contribution is -2.36. The lowest BCUT2D eigenvalue weighted by molar-refractivity contribution is 0.221. The van der Waals surface area contributed by atoms with Crippen LogP contribution in [-0.4, -0.2) is 24.1 Å². The average molecular weight is 268 g/mol. The monoisotopic (exact) mass is 267 g/mol. The van der Waals surface area contributed by atoms with Crippen molar-refractivity contribution < 1.29 is 4.74 Å². The number of alkyl halides is 1. The summed E-state index contributed by atoms with van der Waals surface area (Å²) in [5, 5.41) is 3.72. The molecule has 18 heavy (non-hydrogen) atoms. The summed E-state index contributed by atoms with van der Waals surface area (Å²) in [6.07, 6.45) is 2.25. The minimum atomic E-state index is 0.219. The molecule has 2 nitrogen and oxygen atoms in total. The Kier molecular flexibility index (Phi) is 4.52. The molecular formula is C15H22ClNO. The van der Waals surface area contributed by atoms with Crippen molar-refractivity contribution in [2.24, 2.45) is 0 Å². The Labute approximate surface area is 115 Å². The predicted octanol–water partition coefficient (Wildman–Crippen LogP) is 3.29. The quantitative estimate of drug-likeness (QED) is 0.827. The number of ether oxygens (including phenoxy) is 1. The number of nitrogens with one attached hydrogen (secondary N) is 1. The maximum absolute atomic E-state index is 5.99. The number of halogens is 1. The Morgan fingerprint density at radius 2 is 2.22 bits per heavy atom. The Bertz CT molecular complexity index is 405. The van der Waals surface area contributed by atoms with Crippen LogP contribution >= 0.6 is 11.6 Å². The van der Waals surface area contributed by atoms with Gasteiger partial charge >= 0.3 is 0 Å². The van der Waals surface area contributed by atoms with E-state index in [1.807, 2.05) is 6.92 Å². The zero-order valence-corrected chi connectivity index (χ0v) is 12.1. The summed E-state index contributed by atoms with van der Waals surface area (Å²) in [6, 6.07) is 6.84. The van der Waals surface area contributed by atoms with Gasteiger partial charge in [0.2, 0.25) is 0 Å². The number of benzene rings is 1. The van der Waals surface area contributed by atoms with E-state index in [0.29, 0.717) is 6.04 Å². The van der Waals surface area contributed by atoms with Crippen molar-refractivity contribution in [1.29, 1.82) is 0 Å². The van der Waals surface area contributed by atoms with Gasteiger partial charge in [-0.1, -0.05) is 17.7 Å². The van der Waals surface area contributed by atoms with Crippen LogP contribution < -0.4 is 10.1 Å². The number of fused-ring (bicyclic) bond motifs is 1. The normalized spacial score (nSPS) is 21.2. The summed E-state index contributed by atoms with van der Waals surface area (Å²) in [5.74, 6) is 1.05. The number of hydrogen-bond donors (Lipinski definition) is 1. The van der Waals surface area contributed by atoms with Crippen molar-refractivity contribution in [2.45, 2.75) is 51.1 Å². The Morgan fingerprint density at radius 3 is 2.94 bits per heavy atom. The Morgan fingerprint density at radius 1 is 1.44 bits per heavy atom. The molecule has 1 aromatic carbocycles. The Balaban J connectivity index is 1.81. The lowest BCUT2D eigenvalue weighted by atomic mass is 10.1. The highest BCUT2D eigenvalue weighted by Crippen LogP contribution is 2.29. The molecule has 1 aromatic rings. The third-order valence-electron chi connectivity index (χ3n) is 3.33. The van der Waals surface area contributed by atoms with E-state index in [1.54, 1.807) is 0 Å². The zero-order valence-electron chi connectivity index (χ0n) is 11.4. The van der Waals surface area contributed by atoms with E-state index in [-0.39, 0.29) is 11.5 Å². The zero-order chi connectivity index (χ0) is 13.1. The molecular weight excluding hydrogens is 246 g/mol. The summed E-state index contributed by atoms with van der Waals surface area (Å²) < 4.78 is 5.92. The van der Waals surface area contributed by atoms with Crippen molar-refractivity contribution in [3.05, 3.63) is 29.3 Å². The van der Waals surface area contributed by atoms with Gasteiger partial charge in [-0.3, -0.25) is 0 Å². The van der Waals surface area contributed by atoms with Gasteiger partial charge in [0.1, 0.15) is 11.9 Å².